The van der Waals surface area contributed by atoms with Crippen LogP contribution in [0.25, 0.3) is 0 Å². The Morgan fingerprint density at radius 2 is 1.86 bits per heavy atom. The van der Waals surface area contributed by atoms with Crippen molar-refractivity contribution in [2.45, 2.75) is 24.6 Å². The van der Waals surface area contributed by atoms with Crippen molar-refractivity contribution >= 4 is 11.9 Å². The predicted molar refractivity (Wildman–Crippen MR) is 79.4 cm³/mol. The number of ether oxygens (including phenoxy) is 1. The molecule has 1 aromatic rings. The summed E-state index contributed by atoms with van der Waals surface area (Å²) in [6.45, 7) is 1.62. The molecule has 1 amide bonds. The van der Waals surface area contributed by atoms with Gasteiger partial charge in [-0.15, -0.1) is 0 Å². The quantitative estimate of drug-likeness (QED) is 0.884. The Kier molecular flexibility index (Phi) is 3.88. The van der Waals surface area contributed by atoms with Crippen molar-refractivity contribution < 1.29 is 19.4 Å². The summed E-state index contributed by atoms with van der Waals surface area (Å²) in [7, 11) is 2.01. The monoisotopic (exact) mass is 304 g/mol. The van der Waals surface area contributed by atoms with Crippen LogP contribution in [0.5, 0.6) is 0 Å². The summed E-state index contributed by atoms with van der Waals surface area (Å²) in [5.41, 5.74) is -0.291. The van der Waals surface area contributed by atoms with Gasteiger partial charge in [-0.3, -0.25) is 9.69 Å². The smallest absolute Gasteiger partial charge is 0.328 e. The van der Waals surface area contributed by atoms with Crippen molar-refractivity contribution in [1.29, 1.82) is 0 Å². The molecule has 2 aliphatic rings. The van der Waals surface area contributed by atoms with Gasteiger partial charge in [-0.2, -0.15) is 0 Å². The van der Waals surface area contributed by atoms with E-state index in [0.717, 1.165) is 13.1 Å². The number of aliphatic carboxylic acids is 1. The minimum Gasteiger partial charge on any atom is -0.480 e. The van der Waals surface area contributed by atoms with Crippen molar-refractivity contribution in [3.8, 4) is 0 Å². The zero-order valence-electron chi connectivity index (χ0n) is 12.6. The summed E-state index contributed by atoms with van der Waals surface area (Å²) >= 11 is 0. The minimum absolute atomic E-state index is 0.0532. The number of carbonyl (C=O) groups excluding carboxylic acids is 1. The third-order valence-corrected chi connectivity index (χ3v) is 4.55. The number of rotatable bonds is 2. The van der Waals surface area contributed by atoms with Crippen LogP contribution in [-0.4, -0.2) is 65.3 Å². The number of benzene rings is 1. The van der Waals surface area contributed by atoms with Crippen LogP contribution in [-0.2, 0) is 9.53 Å². The van der Waals surface area contributed by atoms with Crippen LogP contribution in [0, 0.1) is 0 Å². The van der Waals surface area contributed by atoms with Gasteiger partial charge in [0.15, 0.2) is 6.04 Å². The average Bonchev–Trinajstić information content (AvgIpc) is 2.90. The van der Waals surface area contributed by atoms with Crippen LogP contribution in [0.2, 0.25) is 0 Å². The van der Waals surface area contributed by atoms with Gasteiger partial charge >= 0.3 is 5.97 Å². The molecule has 1 unspecified atom stereocenters. The maximum atomic E-state index is 12.9. The van der Waals surface area contributed by atoms with Gasteiger partial charge in [-0.25, -0.2) is 4.79 Å². The highest BCUT2D eigenvalue weighted by atomic mass is 16.5. The van der Waals surface area contributed by atoms with Crippen LogP contribution in [0.4, 0.5) is 0 Å². The van der Waals surface area contributed by atoms with Gasteiger partial charge in [0, 0.05) is 31.5 Å². The molecule has 0 bridgehead atoms. The molecule has 0 aromatic heterocycles. The lowest BCUT2D eigenvalue weighted by Crippen LogP contribution is -2.57. The number of hydrogen-bond acceptors (Lipinski definition) is 4. The van der Waals surface area contributed by atoms with Crippen LogP contribution >= 0.6 is 0 Å². The molecular formula is C16H20N2O4. The van der Waals surface area contributed by atoms with E-state index >= 15 is 0 Å². The molecule has 1 aromatic carbocycles. The summed E-state index contributed by atoms with van der Waals surface area (Å²) in [5, 5.41) is 9.46. The Balaban J connectivity index is 1.94. The van der Waals surface area contributed by atoms with E-state index in [2.05, 4.69) is 4.90 Å². The molecular weight excluding hydrogens is 284 g/mol. The second-order valence-corrected chi connectivity index (χ2v) is 5.96. The molecule has 0 radical (unpaired) electrons. The first kappa shape index (κ1) is 15.0. The molecule has 6 nitrogen and oxygen atoms in total. The topological polar surface area (TPSA) is 70.1 Å². The van der Waals surface area contributed by atoms with E-state index in [0.29, 0.717) is 18.4 Å². The molecule has 2 fully saturated rings. The Morgan fingerprint density at radius 3 is 2.45 bits per heavy atom. The molecule has 0 saturated carbocycles. The first-order valence-electron chi connectivity index (χ1n) is 7.47. The number of nitrogens with zero attached hydrogens (tertiary/aromatic N) is 2. The van der Waals surface area contributed by atoms with E-state index in [4.69, 9.17) is 4.74 Å². The molecule has 2 heterocycles. The van der Waals surface area contributed by atoms with Crippen molar-refractivity contribution in [2.24, 2.45) is 0 Å². The molecule has 6 heteroatoms. The number of hydrogen-bond donors (Lipinski definition) is 1. The normalized spacial score (nSPS) is 24.6. The van der Waals surface area contributed by atoms with Gasteiger partial charge in [0.1, 0.15) is 5.72 Å². The molecule has 2 saturated heterocycles. The maximum absolute atomic E-state index is 12.9. The summed E-state index contributed by atoms with van der Waals surface area (Å²) in [4.78, 5) is 28.1. The van der Waals surface area contributed by atoms with Gasteiger partial charge < -0.3 is 14.7 Å². The summed E-state index contributed by atoms with van der Waals surface area (Å²) < 4.78 is 5.86. The predicted octanol–water partition coefficient (Wildman–Crippen LogP) is 1.03. The zero-order chi connectivity index (χ0) is 15.7. The number of carbonyl (C=O) groups is 2. The van der Waals surface area contributed by atoms with E-state index in [1.165, 1.54) is 4.90 Å². The van der Waals surface area contributed by atoms with E-state index < -0.39 is 17.7 Å². The Labute approximate surface area is 129 Å². The highest BCUT2D eigenvalue weighted by Crippen LogP contribution is 2.38. The van der Waals surface area contributed by atoms with Crippen molar-refractivity contribution in [2.75, 3.05) is 26.7 Å². The van der Waals surface area contributed by atoms with E-state index in [1.54, 1.807) is 24.3 Å². The number of piperidine rings is 1. The Hall–Kier alpha value is -1.92. The Morgan fingerprint density at radius 1 is 1.23 bits per heavy atom. The highest BCUT2D eigenvalue weighted by Gasteiger charge is 2.53. The molecule has 0 aliphatic carbocycles. The molecule has 3 rings (SSSR count). The fourth-order valence-electron chi connectivity index (χ4n) is 3.24. The number of carboxylic acids is 1. The number of carboxylic acid groups (broad SMARTS) is 1. The summed E-state index contributed by atoms with van der Waals surface area (Å²) in [6.07, 6.45) is 1.26. The summed E-state index contributed by atoms with van der Waals surface area (Å²) in [5.74, 6) is -1.28. The zero-order valence-corrected chi connectivity index (χ0v) is 12.6. The second-order valence-electron chi connectivity index (χ2n) is 5.96. The van der Waals surface area contributed by atoms with Gasteiger partial charge in [-0.05, 0) is 19.2 Å². The van der Waals surface area contributed by atoms with Crippen molar-refractivity contribution in [3.05, 3.63) is 35.9 Å². The minimum atomic E-state index is -1.01. The van der Waals surface area contributed by atoms with Crippen LogP contribution in [0.15, 0.2) is 30.3 Å². The van der Waals surface area contributed by atoms with Gasteiger partial charge in [-0.1, -0.05) is 18.2 Å². The lowest BCUT2D eigenvalue weighted by atomic mass is 9.97. The molecule has 1 atom stereocenters. The Bertz CT molecular complexity index is 567. The molecule has 1 spiro atoms. The fourth-order valence-corrected chi connectivity index (χ4v) is 3.24. The average molecular weight is 304 g/mol. The molecule has 118 valence electrons. The van der Waals surface area contributed by atoms with Gasteiger partial charge in [0.25, 0.3) is 5.91 Å². The summed E-state index contributed by atoms with van der Waals surface area (Å²) in [6, 6.07) is 7.89. The lowest BCUT2D eigenvalue weighted by molar-refractivity contribution is -0.143. The van der Waals surface area contributed by atoms with E-state index in [-0.39, 0.29) is 12.5 Å². The molecule has 22 heavy (non-hydrogen) atoms. The SMILES string of the molecule is CN1CCC2(CC1)OCC(C(=O)O)N2C(=O)c1ccccc1. The van der Waals surface area contributed by atoms with E-state index in [1.807, 2.05) is 13.1 Å². The van der Waals surface area contributed by atoms with Gasteiger partial charge in [0.2, 0.25) is 0 Å². The highest BCUT2D eigenvalue weighted by molar-refractivity contribution is 5.97. The van der Waals surface area contributed by atoms with E-state index in [9.17, 15) is 14.7 Å². The largest absolute Gasteiger partial charge is 0.480 e. The first-order chi connectivity index (χ1) is 10.5. The van der Waals surface area contributed by atoms with Gasteiger partial charge in [0.05, 0.1) is 6.61 Å². The maximum Gasteiger partial charge on any atom is 0.328 e. The van der Waals surface area contributed by atoms with Crippen LogP contribution < -0.4 is 0 Å². The van der Waals surface area contributed by atoms with Crippen LogP contribution in [0.1, 0.15) is 23.2 Å². The first-order valence-corrected chi connectivity index (χ1v) is 7.47. The van der Waals surface area contributed by atoms with Crippen LogP contribution in [0.3, 0.4) is 0 Å². The number of amides is 1. The molecule has 1 N–H and O–H groups in total. The second kappa shape index (κ2) is 5.70. The third kappa shape index (κ3) is 2.48. The lowest BCUT2D eigenvalue weighted by Gasteiger charge is -2.43. The van der Waals surface area contributed by atoms with Crippen molar-refractivity contribution in [3.63, 3.8) is 0 Å². The standard InChI is InChI=1S/C16H20N2O4/c1-17-9-7-16(8-10-17)18(13(11-22-16)15(20)21)14(19)12-5-3-2-4-6-12/h2-6,13H,7-11H2,1H3,(H,20,21). The fraction of sp³-hybridized carbons (Fsp3) is 0.500. The third-order valence-electron chi connectivity index (χ3n) is 4.55. The number of likely N-dealkylation sites (tertiary alicyclic amines) is 1. The van der Waals surface area contributed by atoms with Crippen molar-refractivity contribution in [1.82, 2.24) is 9.80 Å². The molecule has 2 aliphatic heterocycles.